The number of aromatic nitrogens is 3. The topological polar surface area (TPSA) is 114 Å². The van der Waals surface area contributed by atoms with E-state index in [1.165, 1.54) is 0 Å². The van der Waals surface area contributed by atoms with Gasteiger partial charge >= 0.3 is 0 Å². The Labute approximate surface area is 252 Å². The molecule has 9 nitrogen and oxygen atoms in total. The molecule has 2 fully saturated rings. The molecule has 0 radical (unpaired) electrons. The maximum Gasteiger partial charge on any atom is 0.243 e. The zero-order valence-electron chi connectivity index (χ0n) is 25.6. The summed E-state index contributed by atoms with van der Waals surface area (Å²) < 4.78 is 1.93. The van der Waals surface area contributed by atoms with Crippen LogP contribution in [-0.4, -0.2) is 61.4 Å². The van der Waals surface area contributed by atoms with E-state index in [4.69, 9.17) is 0 Å². The Bertz CT molecular complexity index is 1610. The van der Waals surface area contributed by atoms with Gasteiger partial charge in [-0.1, -0.05) is 26.7 Å². The fourth-order valence-electron chi connectivity index (χ4n) is 7.33. The van der Waals surface area contributed by atoms with Crippen LogP contribution < -0.4 is 5.32 Å². The van der Waals surface area contributed by atoms with Crippen molar-refractivity contribution in [1.29, 1.82) is 0 Å². The highest BCUT2D eigenvalue weighted by atomic mass is 16.2. The number of Topliss-reactive ketones (excluding diaryl/α,β-unsaturated/α-hetero) is 2. The van der Waals surface area contributed by atoms with E-state index in [9.17, 15) is 19.2 Å². The van der Waals surface area contributed by atoms with Gasteiger partial charge in [0, 0.05) is 65.4 Å². The lowest BCUT2D eigenvalue weighted by molar-refractivity contribution is -0.139. The van der Waals surface area contributed by atoms with Gasteiger partial charge in [0.05, 0.1) is 11.6 Å². The van der Waals surface area contributed by atoms with Gasteiger partial charge in [0.1, 0.15) is 12.4 Å². The van der Waals surface area contributed by atoms with Gasteiger partial charge in [0.25, 0.3) is 0 Å². The number of hydrogen-bond donors (Lipinski definition) is 1. The molecule has 226 valence electrons. The molecule has 0 spiro atoms. The summed E-state index contributed by atoms with van der Waals surface area (Å²) >= 11 is 0. The number of nitrogens with zero attached hydrogens (tertiary/aromatic N) is 4. The number of hydrogen-bond acceptors (Lipinski definition) is 6. The van der Waals surface area contributed by atoms with Crippen molar-refractivity contribution in [2.75, 3.05) is 6.54 Å². The first-order valence-corrected chi connectivity index (χ1v) is 15.7. The lowest BCUT2D eigenvalue weighted by Gasteiger charge is -2.27. The normalized spacial score (nSPS) is 26.1. The fraction of sp³-hybridized carbons (Fsp3) is 0.529. The minimum atomic E-state index is -0.480. The summed E-state index contributed by atoms with van der Waals surface area (Å²) in [6.07, 6.45) is 11.5. The smallest absolute Gasteiger partial charge is 0.243 e. The van der Waals surface area contributed by atoms with Gasteiger partial charge in [-0.05, 0) is 69.2 Å². The third kappa shape index (κ3) is 5.38. The molecule has 0 unspecified atom stereocenters. The first-order chi connectivity index (χ1) is 20.6. The third-order valence-corrected chi connectivity index (χ3v) is 9.92. The summed E-state index contributed by atoms with van der Waals surface area (Å²) in [6.45, 7) is 7.77. The van der Waals surface area contributed by atoms with Crippen molar-refractivity contribution in [3.63, 3.8) is 0 Å². The molecule has 2 aliphatic heterocycles. The Morgan fingerprint density at radius 3 is 2.56 bits per heavy atom. The molecular formula is C34H41N5O4. The van der Waals surface area contributed by atoms with Crippen LogP contribution in [0.3, 0.4) is 0 Å². The highest BCUT2D eigenvalue weighted by Gasteiger charge is 2.66. The largest absolute Gasteiger partial charge is 0.355 e. The molecule has 1 saturated carbocycles. The summed E-state index contributed by atoms with van der Waals surface area (Å²) in [6, 6.07) is 3.60. The Morgan fingerprint density at radius 2 is 1.84 bits per heavy atom. The van der Waals surface area contributed by atoms with E-state index >= 15 is 0 Å². The molecular weight excluding hydrogens is 542 g/mol. The Hall–Kier alpha value is -3.88. The maximum absolute atomic E-state index is 14.1. The van der Waals surface area contributed by atoms with Crippen molar-refractivity contribution in [3.05, 3.63) is 47.7 Å². The molecule has 3 aliphatic rings. The number of carbonyl (C=O) groups is 4. The van der Waals surface area contributed by atoms with E-state index in [0.717, 1.165) is 66.1 Å². The van der Waals surface area contributed by atoms with Crippen molar-refractivity contribution in [2.24, 2.45) is 11.3 Å². The number of aryl methyl sites for hydroxylation is 2. The molecule has 1 aromatic carbocycles. The van der Waals surface area contributed by atoms with Crippen molar-refractivity contribution in [2.45, 2.75) is 97.7 Å². The number of benzene rings is 1. The molecule has 6 rings (SSSR count). The minimum absolute atomic E-state index is 0.0488. The summed E-state index contributed by atoms with van der Waals surface area (Å²) in [7, 11) is 0. The summed E-state index contributed by atoms with van der Waals surface area (Å²) in [5, 5.41) is 3.98. The second-order valence-electron chi connectivity index (χ2n) is 12.9. The molecule has 4 atom stereocenters. The van der Waals surface area contributed by atoms with Crippen molar-refractivity contribution in [3.8, 4) is 11.1 Å². The van der Waals surface area contributed by atoms with Crippen LogP contribution >= 0.6 is 0 Å². The van der Waals surface area contributed by atoms with Crippen LogP contribution in [0.5, 0.6) is 0 Å². The van der Waals surface area contributed by atoms with Crippen LogP contribution in [0.1, 0.15) is 87.5 Å². The van der Waals surface area contributed by atoms with E-state index in [0.29, 0.717) is 30.8 Å². The van der Waals surface area contributed by atoms with Crippen LogP contribution in [0.15, 0.2) is 30.7 Å². The van der Waals surface area contributed by atoms with Crippen molar-refractivity contribution >= 4 is 34.3 Å². The van der Waals surface area contributed by atoms with Crippen molar-refractivity contribution in [1.82, 2.24) is 24.8 Å². The first kappa shape index (κ1) is 29.2. The molecule has 2 amide bonds. The van der Waals surface area contributed by atoms with E-state index in [-0.39, 0.29) is 47.3 Å². The average Bonchev–Trinajstić information content (AvgIpc) is 3.40. The molecule has 1 aliphatic carbocycles. The predicted octanol–water partition coefficient (Wildman–Crippen LogP) is 4.82. The number of piperidine rings is 1. The number of amides is 2. The average molecular weight is 584 g/mol. The number of rotatable bonds is 4. The monoisotopic (exact) mass is 583 g/mol. The summed E-state index contributed by atoms with van der Waals surface area (Å²) in [5.74, 6) is 0.522. The van der Waals surface area contributed by atoms with Gasteiger partial charge < -0.3 is 14.8 Å². The SMILES string of the molecule is CCC(=O)[C@@H]1C[C@]23CNC(=O)[C@@H](C)CCCCCc4cc(-c5cnc(C)nc5)cc5c(C(C)=O)cn(c45)CC(=O)N1[C@@H]2C3. The third-order valence-electron chi connectivity index (χ3n) is 9.92. The van der Waals surface area contributed by atoms with Crippen LogP contribution in [-0.2, 0) is 27.3 Å². The van der Waals surface area contributed by atoms with E-state index in [1.807, 2.05) is 37.6 Å². The number of ketones is 2. The quantitative estimate of drug-likeness (QED) is 0.441. The van der Waals surface area contributed by atoms with Crippen LogP contribution in [0.25, 0.3) is 22.0 Å². The Kier molecular flexibility index (Phi) is 7.69. The van der Waals surface area contributed by atoms with Gasteiger partial charge in [-0.15, -0.1) is 0 Å². The van der Waals surface area contributed by atoms with Gasteiger partial charge in [-0.3, -0.25) is 19.2 Å². The van der Waals surface area contributed by atoms with E-state index < -0.39 is 6.04 Å². The molecule has 1 N–H and O–H groups in total. The predicted molar refractivity (Wildman–Crippen MR) is 163 cm³/mol. The van der Waals surface area contributed by atoms with Crippen LogP contribution in [0, 0.1) is 18.3 Å². The van der Waals surface area contributed by atoms with Crippen LogP contribution in [0.2, 0.25) is 0 Å². The molecule has 1 saturated heterocycles. The van der Waals surface area contributed by atoms with E-state index in [1.54, 1.807) is 24.2 Å². The molecule has 4 heterocycles. The van der Waals surface area contributed by atoms with Gasteiger partial charge in [-0.25, -0.2) is 9.97 Å². The molecule has 9 heteroatoms. The summed E-state index contributed by atoms with van der Waals surface area (Å²) in [4.78, 5) is 63.6. The van der Waals surface area contributed by atoms with E-state index in [2.05, 4.69) is 21.4 Å². The zero-order chi connectivity index (χ0) is 30.5. The number of nitrogens with one attached hydrogen (secondary N) is 1. The second-order valence-corrected chi connectivity index (χ2v) is 12.9. The van der Waals surface area contributed by atoms with Crippen molar-refractivity contribution < 1.29 is 19.2 Å². The molecule has 43 heavy (non-hydrogen) atoms. The standard InChI is InChI=1S/C34H41N5O4/c1-5-29(41)28-13-34-14-30(34)39(28)31(42)18-38-17-27(21(3)40)26-12-24(25-15-35-22(4)36-16-25)11-23(32(26)38)10-8-6-7-9-20(2)33(43)37-19-34/h11-12,15-17,20,28,30H,5-10,13-14,18-19H2,1-4H3,(H,37,43)/t20-,28-,30+,34-/m0/s1. The lowest BCUT2D eigenvalue weighted by Crippen LogP contribution is -2.44. The van der Waals surface area contributed by atoms with Gasteiger partial charge in [0.15, 0.2) is 11.6 Å². The molecule has 2 bridgehead atoms. The maximum atomic E-state index is 14.1. The number of carbonyl (C=O) groups excluding carboxylic acids is 4. The molecule has 2 aromatic heterocycles. The minimum Gasteiger partial charge on any atom is -0.355 e. The van der Waals surface area contributed by atoms with Gasteiger partial charge in [-0.2, -0.15) is 0 Å². The summed E-state index contributed by atoms with van der Waals surface area (Å²) in [5.41, 5.74) is 4.09. The van der Waals surface area contributed by atoms with Crippen LogP contribution in [0.4, 0.5) is 0 Å². The zero-order valence-corrected chi connectivity index (χ0v) is 25.6. The fourth-order valence-corrected chi connectivity index (χ4v) is 7.33. The Morgan fingerprint density at radius 1 is 1.07 bits per heavy atom. The van der Waals surface area contributed by atoms with Gasteiger partial charge in [0.2, 0.25) is 11.8 Å². The highest BCUT2D eigenvalue weighted by molar-refractivity contribution is 6.09. The Balaban J connectivity index is 1.45. The molecule has 3 aromatic rings. The highest BCUT2D eigenvalue weighted by Crippen LogP contribution is 2.59. The second kappa shape index (κ2) is 11.3. The first-order valence-electron chi connectivity index (χ1n) is 15.7. The lowest BCUT2D eigenvalue weighted by atomic mass is 9.95.